The molecule has 0 amide bonds. The third kappa shape index (κ3) is 4.11. The van der Waals surface area contributed by atoms with Crippen LogP contribution in [0.1, 0.15) is 34.6 Å². The highest BCUT2D eigenvalue weighted by Gasteiger charge is 2.43. The van der Waals surface area contributed by atoms with Crippen molar-refractivity contribution in [3.8, 4) is 0 Å². The lowest BCUT2D eigenvalue weighted by molar-refractivity contribution is 0.127. The van der Waals surface area contributed by atoms with Crippen molar-refractivity contribution in [1.29, 1.82) is 0 Å². The smallest absolute Gasteiger partial charge is 0.145 e. The number of hydrogen-bond acceptors (Lipinski definition) is 2. The maximum atomic E-state index is 13.8. The second-order valence-corrected chi connectivity index (χ2v) is 7.21. The van der Waals surface area contributed by atoms with E-state index in [2.05, 4.69) is 36.3 Å². The molecule has 1 aliphatic carbocycles. The average molecular weight is 377 g/mol. The first-order chi connectivity index (χ1) is 13.6. The lowest BCUT2D eigenvalue weighted by Gasteiger charge is -2.08. The summed E-state index contributed by atoms with van der Waals surface area (Å²) in [5.74, 6) is -0.0403. The normalized spacial score (nSPS) is 18.8. The lowest BCUT2D eigenvalue weighted by Crippen LogP contribution is -2.07. The number of aryl methyl sites for hydroxylation is 1. The molecule has 28 heavy (non-hydrogen) atoms. The quantitative estimate of drug-likeness (QED) is 0.381. The second kappa shape index (κ2) is 7.93. The molecule has 0 saturated heterocycles. The first kappa shape index (κ1) is 18.4. The molecule has 2 nitrogen and oxygen atoms in total. The van der Waals surface area contributed by atoms with Gasteiger partial charge in [0.1, 0.15) is 18.2 Å². The van der Waals surface area contributed by atoms with Crippen LogP contribution in [0.5, 0.6) is 0 Å². The minimum Gasteiger partial charge on any atom is -0.391 e. The lowest BCUT2D eigenvalue weighted by atomic mass is 10.0. The Morgan fingerprint density at radius 2 is 1.68 bits per heavy atom. The van der Waals surface area contributed by atoms with Crippen LogP contribution < -0.4 is 0 Å². The van der Waals surface area contributed by atoms with Gasteiger partial charge in [0, 0.05) is 11.5 Å². The van der Waals surface area contributed by atoms with Gasteiger partial charge < -0.3 is 4.84 Å². The predicted molar refractivity (Wildman–Crippen MR) is 106 cm³/mol. The van der Waals surface area contributed by atoms with Gasteiger partial charge in [-0.3, -0.25) is 0 Å². The van der Waals surface area contributed by atoms with Gasteiger partial charge in [-0.25, -0.2) is 8.78 Å². The number of hydrogen-bond donors (Lipinski definition) is 0. The molecule has 0 radical (unpaired) electrons. The second-order valence-electron chi connectivity index (χ2n) is 7.21. The molecule has 0 heterocycles. The fourth-order valence-corrected chi connectivity index (χ4v) is 3.42. The SMILES string of the molecule is Cc1ccc(C2CC2C(=NOCc2ccccc2F)c2ccc(F)cc2)cc1. The number of rotatable bonds is 6. The third-order valence-corrected chi connectivity index (χ3v) is 5.13. The van der Waals surface area contributed by atoms with E-state index >= 15 is 0 Å². The van der Waals surface area contributed by atoms with Gasteiger partial charge in [-0.2, -0.15) is 0 Å². The first-order valence-corrected chi connectivity index (χ1v) is 9.37. The monoisotopic (exact) mass is 377 g/mol. The van der Waals surface area contributed by atoms with Gasteiger partial charge in [0.2, 0.25) is 0 Å². The standard InChI is InChI=1S/C24H21F2NO/c1-16-6-8-17(9-7-16)21-14-22(21)24(18-10-12-20(25)13-11-18)27-28-15-19-4-2-3-5-23(19)26/h2-13,21-22H,14-15H2,1H3. The number of halogens is 2. The summed E-state index contributed by atoms with van der Waals surface area (Å²) in [6, 6.07) is 21.2. The minimum atomic E-state index is -0.315. The van der Waals surface area contributed by atoms with Gasteiger partial charge in [-0.15, -0.1) is 0 Å². The van der Waals surface area contributed by atoms with Crippen molar-refractivity contribution in [2.24, 2.45) is 11.1 Å². The zero-order valence-electron chi connectivity index (χ0n) is 15.6. The molecular weight excluding hydrogens is 356 g/mol. The van der Waals surface area contributed by atoms with E-state index in [0.717, 1.165) is 17.7 Å². The van der Waals surface area contributed by atoms with Gasteiger partial charge in [-0.05, 0) is 48.6 Å². The Labute approximate surface area is 163 Å². The Morgan fingerprint density at radius 1 is 0.964 bits per heavy atom. The Balaban J connectivity index is 1.55. The van der Waals surface area contributed by atoms with Crippen molar-refractivity contribution in [2.75, 3.05) is 0 Å². The molecule has 0 aromatic heterocycles. The highest BCUT2D eigenvalue weighted by molar-refractivity contribution is 6.04. The molecule has 3 aromatic rings. The van der Waals surface area contributed by atoms with Crippen molar-refractivity contribution in [3.05, 3.63) is 107 Å². The molecule has 0 spiro atoms. The first-order valence-electron chi connectivity index (χ1n) is 9.37. The summed E-state index contributed by atoms with van der Waals surface area (Å²) in [5.41, 5.74) is 4.55. The van der Waals surface area contributed by atoms with Gasteiger partial charge in [0.05, 0.1) is 5.71 Å². The van der Waals surface area contributed by atoms with Crippen LogP contribution in [-0.4, -0.2) is 5.71 Å². The summed E-state index contributed by atoms with van der Waals surface area (Å²) in [7, 11) is 0. The van der Waals surface area contributed by atoms with Crippen molar-refractivity contribution in [3.63, 3.8) is 0 Å². The van der Waals surface area contributed by atoms with Crippen LogP contribution in [-0.2, 0) is 11.4 Å². The molecule has 4 rings (SSSR count). The van der Waals surface area contributed by atoms with Crippen molar-refractivity contribution in [2.45, 2.75) is 25.9 Å². The molecule has 1 fully saturated rings. The van der Waals surface area contributed by atoms with Gasteiger partial charge in [0.25, 0.3) is 0 Å². The van der Waals surface area contributed by atoms with Crippen LogP contribution in [0.4, 0.5) is 8.78 Å². The molecule has 1 aliphatic rings. The van der Waals surface area contributed by atoms with Crippen LogP contribution in [0, 0.1) is 24.5 Å². The summed E-state index contributed by atoms with van der Waals surface area (Å²) >= 11 is 0. The topological polar surface area (TPSA) is 21.6 Å². The van der Waals surface area contributed by atoms with E-state index < -0.39 is 0 Å². The molecular formula is C24H21F2NO. The number of nitrogens with zero attached hydrogens (tertiary/aromatic N) is 1. The van der Waals surface area contributed by atoms with Gasteiger partial charge in [0.15, 0.2) is 0 Å². The van der Waals surface area contributed by atoms with Crippen LogP contribution >= 0.6 is 0 Å². The van der Waals surface area contributed by atoms with E-state index in [9.17, 15) is 8.78 Å². The van der Waals surface area contributed by atoms with Gasteiger partial charge in [-0.1, -0.05) is 65.3 Å². The van der Waals surface area contributed by atoms with Crippen LogP contribution in [0.3, 0.4) is 0 Å². The Morgan fingerprint density at radius 3 is 2.39 bits per heavy atom. The van der Waals surface area contributed by atoms with Crippen LogP contribution in [0.25, 0.3) is 0 Å². The van der Waals surface area contributed by atoms with Crippen molar-refractivity contribution in [1.82, 2.24) is 0 Å². The molecule has 2 atom stereocenters. The molecule has 142 valence electrons. The highest BCUT2D eigenvalue weighted by atomic mass is 19.1. The molecule has 1 saturated carbocycles. The van der Waals surface area contributed by atoms with Crippen LogP contribution in [0.15, 0.2) is 78.0 Å². The molecule has 0 aliphatic heterocycles. The van der Waals surface area contributed by atoms with Crippen molar-refractivity contribution < 1.29 is 13.6 Å². The fraction of sp³-hybridized carbons (Fsp3) is 0.208. The maximum Gasteiger partial charge on any atom is 0.145 e. The zero-order chi connectivity index (χ0) is 19.5. The zero-order valence-corrected chi connectivity index (χ0v) is 15.6. The van der Waals surface area contributed by atoms with Crippen molar-refractivity contribution >= 4 is 5.71 Å². The molecule has 3 aromatic carbocycles. The Kier molecular flexibility index (Phi) is 5.20. The van der Waals surface area contributed by atoms with E-state index in [1.165, 1.54) is 29.3 Å². The van der Waals surface area contributed by atoms with E-state index in [1.54, 1.807) is 30.3 Å². The number of benzene rings is 3. The van der Waals surface area contributed by atoms with E-state index in [0.29, 0.717) is 11.5 Å². The molecule has 2 unspecified atom stereocenters. The summed E-state index contributed by atoms with van der Waals surface area (Å²) in [5, 5.41) is 4.34. The summed E-state index contributed by atoms with van der Waals surface area (Å²) in [6.07, 6.45) is 0.961. The third-order valence-electron chi connectivity index (χ3n) is 5.13. The summed E-state index contributed by atoms with van der Waals surface area (Å²) < 4.78 is 27.1. The summed E-state index contributed by atoms with van der Waals surface area (Å²) in [4.78, 5) is 5.51. The largest absolute Gasteiger partial charge is 0.391 e. The molecule has 0 bridgehead atoms. The summed E-state index contributed by atoms with van der Waals surface area (Å²) in [6.45, 7) is 2.12. The van der Waals surface area contributed by atoms with E-state index in [-0.39, 0.29) is 24.2 Å². The van der Waals surface area contributed by atoms with E-state index in [4.69, 9.17) is 4.84 Å². The predicted octanol–water partition coefficient (Wildman–Crippen LogP) is 6.00. The van der Waals surface area contributed by atoms with Gasteiger partial charge >= 0.3 is 0 Å². The molecule has 4 heteroatoms. The maximum absolute atomic E-state index is 13.8. The fourth-order valence-electron chi connectivity index (χ4n) is 3.42. The average Bonchev–Trinajstić information content (AvgIpc) is 3.49. The number of oxime groups is 1. The minimum absolute atomic E-state index is 0.0548. The van der Waals surface area contributed by atoms with E-state index in [1.807, 2.05) is 0 Å². The Hall–Kier alpha value is -3.01. The van der Waals surface area contributed by atoms with Crippen LogP contribution in [0.2, 0.25) is 0 Å². The molecule has 0 N–H and O–H groups in total. The Bertz CT molecular complexity index is 980. The highest BCUT2D eigenvalue weighted by Crippen LogP contribution is 2.49.